The summed E-state index contributed by atoms with van der Waals surface area (Å²) in [5.41, 5.74) is 1.34. The Hall–Kier alpha value is -1.51. The molecule has 0 bridgehead atoms. The number of likely N-dealkylation sites (tertiary alicyclic amines) is 2. The molecule has 0 spiro atoms. The number of carbonyl (C=O) groups excluding carboxylic acids is 1. The minimum atomic E-state index is 0. The van der Waals surface area contributed by atoms with Gasteiger partial charge in [-0.3, -0.25) is 9.79 Å². The summed E-state index contributed by atoms with van der Waals surface area (Å²) in [6.45, 7) is 6.61. The molecule has 1 amide bonds. The van der Waals surface area contributed by atoms with E-state index in [0.717, 1.165) is 50.7 Å². The molecule has 162 valence electrons. The molecule has 2 saturated heterocycles. The third kappa shape index (κ3) is 6.49. The third-order valence-corrected chi connectivity index (χ3v) is 5.92. The third-order valence-electron chi connectivity index (χ3n) is 5.92. The van der Waals surface area contributed by atoms with Crippen molar-refractivity contribution >= 4 is 35.8 Å². The van der Waals surface area contributed by atoms with E-state index in [1.165, 1.54) is 12.0 Å². The molecule has 6 nitrogen and oxygen atoms in total. The van der Waals surface area contributed by atoms with Gasteiger partial charge in [-0.05, 0) is 42.9 Å². The molecule has 1 aromatic carbocycles. The average Bonchev–Trinajstić information content (AvgIpc) is 3.21. The largest absolute Gasteiger partial charge is 0.497 e. The van der Waals surface area contributed by atoms with Gasteiger partial charge in [0.25, 0.3) is 0 Å². The number of halogens is 1. The Morgan fingerprint density at radius 2 is 1.93 bits per heavy atom. The van der Waals surface area contributed by atoms with E-state index in [4.69, 9.17) is 4.74 Å². The number of methoxy groups -OCH3 is 1. The number of guanidine groups is 1. The topological polar surface area (TPSA) is 57.2 Å². The first kappa shape index (κ1) is 23.8. The molecule has 0 aromatic heterocycles. The Morgan fingerprint density at radius 1 is 1.17 bits per heavy atom. The molecule has 1 aromatic rings. The summed E-state index contributed by atoms with van der Waals surface area (Å²) >= 11 is 0. The Kier molecular flexibility index (Phi) is 9.52. The molecule has 7 heteroatoms. The maximum absolute atomic E-state index is 12.4. The number of carbonyl (C=O) groups is 1. The molecule has 2 fully saturated rings. The first-order chi connectivity index (χ1) is 13.6. The highest BCUT2D eigenvalue weighted by Crippen LogP contribution is 2.28. The van der Waals surface area contributed by atoms with Crippen molar-refractivity contribution < 1.29 is 9.53 Å². The van der Waals surface area contributed by atoms with Gasteiger partial charge in [0, 0.05) is 52.1 Å². The van der Waals surface area contributed by atoms with Gasteiger partial charge in [-0.15, -0.1) is 24.0 Å². The van der Waals surface area contributed by atoms with Crippen LogP contribution in [0.25, 0.3) is 0 Å². The van der Waals surface area contributed by atoms with Crippen molar-refractivity contribution in [3.63, 3.8) is 0 Å². The number of rotatable bonds is 5. The summed E-state index contributed by atoms with van der Waals surface area (Å²) in [6, 6.07) is 8.36. The highest BCUT2D eigenvalue weighted by Gasteiger charge is 2.26. The number of nitrogens with one attached hydrogen (secondary N) is 1. The molecule has 3 rings (SSSR count). The molecule has 2 atom stereocenters. The number of aliphatic imine (C=N–C) groups is 1. The highest BCUT2D eigenvalue weighted by molar-refractivity contribution is 14.0. The van der Waals surface area contributed by atoms with Crippen molar-refractivity contribution in [2.75, 3.05) is 46.9 Å². The number of hydrogen-bond acceptors (Lipinski definition) is 3. The van der Waals surface area contributed by atoms with Crippen LogP contribution in [0.3, 0.4) is 0 Å². The van der Waals surface area contributed by atoms with E-state index in [1.807, 2.05) is 24.1 Å². The lowest BCUT2D eigenvalue weighted by atomic mass is 9.98. The van der Waals surface area contributed by atoms with Crippen molar-refractivity contribution in [3.05, 3.63) is 29.8 Å². The minimum absolute atomic E-state index is 0. The summed E-state index contributed by atoms with van der Waals surface area (Å²) in [4.78, 5) is 21.2. The zero-order valence-corrected chi connectivity index (χ0v) is 20.2. The van der Waals surface area contributed by atoms with Gasteiger partial charge < -0.3 is 19.9 Å². The molecular weight excluding hydrogens is 479 g/mol. The van der Waals surface area contributed by atoms with Crippen LogP contribution in [0.2, 0.25) is 0 Å². The first-order valence-corrected chi connectivity index (χ1v) is 10.5. The molecule has 0 saturated carbocycles. The van der Waals surface area contributed by atoms with Crippen LogP contribution in [0.1, 0.15) is 44.1 Å². The average molecular weight is 514 g/mol. The van der Waals surface area contributed by atoms with Crippen LogP contribution < -0.4 is 10.1 Å². The number of hydrogen-bond donors (Lipinski definition) is 1. The fourth-order valence-electron chi connectivity index (χ4n) is 4.29. The van der Waals surface area contributed by atoms with Crippen LogP contribution in [-0.2, 0) is 4.79 Å². The van der Waals surface area contributed by atoms with Gasteiger partial charge in [-0.2, -0.15) is 0 Å². The molecule has 2 unspecified atom stereocenters. The molecule has 2 aliphatic heterocycles. The summed E-state index contributed by atoms with van der Waals surface area (Å²) < 4.78 is 5.25. The van der Waals surface area contributed by atoms with Crippen LogP contribution in [0, 0.1) is 5.92 Å². The SMILES string of the molecule is CN=C(NCCC(=O)N1CCCC(C)C1)N1CCC(c2ccc(OC)cc2)C1.I. The smallest absolute Gasteiger partial charge is 0.224 e. The van der Waals surface area contributed by atoms with Gasteiger partial charge in [0.2, 0.25) is 5.91 Å². The number of ether oxygens (including phenoxy) is 1. The van der Waals surface area contributed by atoms with Gasteiger partial charge in [0.15, 0.2) is 5.96 Å². The van der Waals surface area contributed by atoms with E-state index in [-0.39, 0.29) is 29.9 Å². The summed E-state index contributed by atoms with van der Waals surface area (Å²) in [6.07, 6.45) is 4.00. The fourth-order valence-corrected chi connectivity index (χ4v) is 4.29. The predicted octanol–water partition coefficient (Wildman–Crippen LogP) is 3.33. The van der Waals surface area contributed by atoms with Crippen LogP contribution in [0.5, 0.6) is 5.75 Å². The molecule has 1 N–H and O–H groups in total. The molecule has 0 radical (unpaired) electrons. The van der Waals surface area contributed by atoms with E-state index < -0.39 is 0 Å². The second kappa shape index (κ2) is 11.6. The normalized spacial score (nSPS) is 22.2. The Balaban J connectivity index is 0.00000300. The van der Waals surface area contributed by atoms with Gasteiger partial charge in [0.1, 0.15) is 5.75 Å². The lowest BCUT2D eigenvalue weighted by Crippen LogP contribution is -2.43. The minimum Gasteiger partial charge on any atom is -0.497 e. The molecule has 2 aliphatic rings. The number of amides is 1. The summed E-state index contributed by atoms with van der Waals surface area (Å²) in [5.74, 6) is 3.17. The quantitative estimate of drug-likeness (QED) is 0.372. The van der Waals surface area contributed by atoms with E-state index >= 15 is 0 Å². The highest BCUT2D eigenvalue weighted by atomic mass is 127. The monoisotopic (exact) mass is 514 g/mol. The van der Waals surface area contributed by atoms with Crippen molar-refractivity contribution in [1.82, 2.24) is 15.1 Å². The maximum Gasteiger partial charge on any atom is 0.224 e. The van der Waals surface area contributed by atoms with Crippen LogP contribution in [0.15, 0.2) is 29.3 Å². The Morgan fingerprint density at radius 3 is 2.59 bits per heavy atom. The van der Waals surface area contributed by atoms with Crippen LogP contribution in [0.4, 0.5) is 0 Å². The molecule has 2 heterocycles. The van der Waals surface area contributed by atoms with Crippen molar-refractivity contribution in [2.24, 2.45) is 10.9 Å². The van der Waals surface area contributed by atoms with Gasteiger partial charge in [0.05, 0.1) is 7.11 Å². The first-order valence-electron chi connectivity index (χ1n) is 10.5. The fraction of sp³-hybridized carbons (Fsp3) is 0.636. The predicted molar refractivity (Wildman–Crippen MR) is 128 cm³/mol. The van der Waals surface area contributed by atoms with Crippen molar-refractivity contribution in [2.45, 2.75) is 38.5 Å². The maximum atomic E-state index is 12.4. The van der Waals surface area contributed by atoms with Crippen molar-refractivity contribution in [3.8, 4) is 5.75 Å². The lowest BCUT2D eigenvalue weighted by Gasteiger charge is -2.31. The number of nitrogens with zero attached hydrogens (tertiary/aromatic N) is 3. The Bertz CT molecular complexity index is 680. The van der Waals surface area contributed by atoms with E-state index in [1.54, 1.807) is 7.11 Å². The Labute approximate surface area is 192 Å². The summed E-state index contributed by atoms with van der Waals surface area (Å²) in [5, 5.41) is 3.39. The zero-order chi connectivity index (χ0) is 19.9. The van der Waals surface area contributed by atoms with Crippen LogP contribution >= 0.6 is 24.0 Å². The lowest BCUT2D eigenvalue weighted by molar-refractivity contribution is -0.132. The van der Waals surface area contributed by atoms with Gasteiger partial charge >= 0.3 is 0 Å². The zero-order valence-electron chi connectivity index (χ0n) is 17.9. The standard InChI is InChI=1S/C22H34N4O2.HI/c1-17-5-4-13-25(15-17)21(27)10-12-24-22(23-2)26-14-11-19(16-26)18-6-8-20(28-3)9-7-18;/h6-9,17,19H,4-5,10-16H2,1-3H3,(H,23,24);1H. The van der Waals surface area contributed by atoms with E-state index in [2.05, 4.69) is 34.3 Å². The number of piperidine rings is 1. The number of benzene rings is 1. The molecular formula is C22H35IN4O2. The second-order valence-corrected chi connectivity index (χ2v) is 8.02. The molecule has 29 heavy (non-hydrogen) atoms. The summed E-state index contributed by atoms with van der Waals surface area (Å²) in [7, 11) is 3.51. The van der Waals surface area contributed by atoms with E-state index in [9.17, 15) is 4.79 Å². The molecule has 0 aliphatic carbocycles. The van der Waals surface area contributed by atoms with Crippen molar-refractivity contribution in [1.29, 1.82) is 0 Å². The van der Waals surface area contributed by atoms with Gasteiger partial charge in [-0.25, -0.2) is 0 Å². The second-order valence-electron chi connectivity index (χ2n) is 8.02. The van der Waals surface area contributed by atoms with Gasteiger partial charge in [-0.1, -0.05) is 19.1 Å². The van der Waals surface area contributed by atoms with E-state index in [0.29, 0.717) is 24.8 Å². The van der Waals surface area contributed by atoms with Crippen LogP contribution in [-0.4, -0.2) is 68.5 Å².